The fraction of sp³-hybridized carbons (Fsp3) is 0.625. The van der Waals surface area contributed by atoms with Gasteiger partial charge in [-0.25, -0.2) is 0 Å². The van der Waals surface area contributed by atoms with Crippen molar-refractivity contribution in [3.63, 3.8) is 0 Å². The van der Waals surface area contributed by atoms with E-state index >= 15 is 0 Å². The zero-order chi connectivity index (χ0) is 12.4. The van der Waals surface area contributed by atoms with Gasteiger partial charge in [0, 0.05) is 18.8 Å². The van der Waals surface area contributed by atoms with Crippen LogP contribution in [0.25, 0.3) is 0 Å². The summed E-state index contributed by atoms with van der Waals surface area (Å²) in [5.41, 5.74) is 9.84. The third-order valence-electron chi connectivity index (χ3n) is 4.66. The summed E-state index contributed by atoms with van der Waals surface area (Å²) in [4.78, 5) is 2.57. The van der Waals surface area contributed by atoms with Crippen molar-refractivity contribution in [3.05, 3.63) is 29.3 Å². The highest BCUT2D eigenvalue weighted by Gasteiger charge is 2.21. The molecule has 2 N–H and O–H groups in total. The zero-order valence-corrected chi connectivity index (χ0v) is 11.2. The van der Waals surface area contributed by atoms with Gasteiger partial charge in [0.25, 0.3) is 0 Å². The number of nitrogens with two attached hydrogens (primary N) is 1. The van der Waals surface area contributed by atoms with Gasteiger partial charge >= 0.3 is 0 Å². The van der Waals surface area contributed by atoms with Crippen molar-refractivity contribution in [1.29, 1.82) is 0 Å². The Morgan fingerprint density at radius 2 is 1.94 bits per heavy atom. The maximum Gasteiger partial charge on any atom is 0.0363 e. The van der Waals surface area contributed by atoms with Crippen LogP contribution in [0.1, 0.15) is 49.7 Å². The van der Waals surface area contributed by atoms with Crippen LogP contribution in [0.4, 0.5) is 5.69 Å². The van der Waals surface area contributed by atoms with Gasteiger partial charge in [-0.2, -0.15) is 0 Å². The Morgan fingerprint density at radius 3 is 2.72 bits per heavy atom. The van der Waals surface area contributed by atoms with E-state index in [1.165, 1.54) is 56.2 Å². The van der Waals surface area contributed by atoms with Gasteiger partial charge < -0.3 is 5.73 Å². The zero-order valence-electron chi connectivity index (χ0n) is 11.2. The Kier molecular flexibility index (Phi) is 3.55. The van der Waals surface area contributed by atoms with Gasteiger partial charge in [0.05, 0.1) is 0 Å². The van der Waals surface area contributed by atoms with Crippen molar-refractivity contribution in [2.24, 2.45) is 5.92 Å². The summed E-state index contributed by atoms with van der Waals surface area (Å²) < 4.78 is 0. The van der Waals surface area contributed by atoms with Crippen LogP contribution in [-0.2, 0) is 13.1 Å². The summed E-state index contributed by atoms with van der Waals surface area (Å²) in [6, 6.07) is 6.34. The van der Waals surface area contributed by atoms with Gasteiger partial charge in [0.15, 0.2) is 0 Å². The smallest absolute Gasteiger partial charge is 0.0363 e. The number of hydrogen-bond acceptors (Lipinski definition) is 2. The number of nitrogens with zero attached hydrogens (tertiary/aromatic N) is 1. The molecular weight excluding hydrogens is 220 g/mol. The molecule has 1 aliphatic heterocycles. The van der Waals surface area contributed by atoms with Crippen molar-refractivity contribution in [1.82, 2.24) is 4.90 Å². The lowest BCUT2D eigenvalue weighted by Crippen LogP contribution is -2.21. The Bertz CT molecular complexity index is 408. The first-order valence-electron chi connectivity index (χ1n) is 7.41. The molecule has 0 amide bonds. The lowest BCUT2D eigenvalue weighted by molar-refractivity contribution is 0.236. The Balaban J connectivity index is 1.53. The first-order chi connectivity index (χ1) is 8.83. The lowest BCUT2D eigenvalue weighted by atomic mass is 9.87. The van der Waals surface area contributed by atoms with Gasteiger partial charge in [-0.15, -0.1) is 0 Å². The SMILES string of the molecule is Nc1cccc2c1CN(CCC1CCCCC1)C2. The molecule has 0 radical (unpaired) electrons. The summed E-state index contributed by atoms with van der Waals surface area (Å²) in [5.74, 6) is 0.986. The average Bonchev–Trinajstić information content (AvgIpc) is 2.82. The van der Waals surface area contributed by atoms with Crippen LogP contribution in [0, 0.1) is 5.92 Å². The fourth-order valence-electron chi connectivity index (χ4n) is 3.51. The van der Waals surface area contributed by atoms with E-state index in [0.717, 1.165) is 24.7 Å². The average molecular weight is 244 g/mol. The standard InChI is InChI=1S/C16H24N2/c17-16-8-4-7-14-11-18(12-15(14)16)10-9-13-5-2-1-3-6-13/h4,7-8,13H,1-3,5-6,9-12,17H2. The minimum absolute atomic E-state index is 0.979. The molecule has 1 aromatic rings. The molecule has 1 saturated carbocycles. The first kappa shape index (κ1) is 12.0. The van der Waals surface area contributed by atoms with E-state index in [-0.39, 0.29) is 0 Å². The third kappa shape index (κ3) is 2.54. The summed E-state index contributed by atoms with van der Waals surface area (Å²) in [5, 5.41) is 0. The topological polar surface area (TPSA) is 29.3 Å². The fourth-order valence-corrected chi connectivity index (χ4v) is 3.51. The number of anilines is 1. The van der Waals surface area contributed by atoms with Gasteiger partial charge in [-0.1, -0.05) is 44.2 Å². The van der Waals surface area contributed by atoms with Crippen LogP contribution in [0.2, 0.25) is 0 Å². The van der Waals surface area contributed by atoms with Crippen LogP contribution >= 0.6 is 0 Å². The highest BCUT2D eigenvalue weighted by molar-refractivity contribution is 5.52. The quantitative estimate of drug-likeness (QED) is 0.824. The molecule has 0 atom stereocenters. The molecule has 0 unspecified atom stereocenters. The molecule has 2 nitrogen and oxygen atoms in total. The molecule has 18 heavy (non-hydrogen) atoms. The summed E-state index contributed by atoms with van der Waals surface area (Å²) in [7, 11) is 0. The molecule has 0 bridgehead atoms. The predicted molar refractivity (Wildman–Crippen MR) is 76.2 cm³/mol. The molecule has 0 aromatic heterocycles. The van der Waals surface area contributed by atoms with Crippen LogP contribution in [-0.4, -0.2) is 11.4 Å². The molecule has 1 aromatic carbocycles. The monoisotopic (exact) mass is 244 g/mol. The summed E-state index contributed by atoms with van der Waals surface area (Å²) in [6.07, 6.45) is 8.68. The lowest BCUT2D eigenvalue weighted by Gasteiger charge is -2.24. The van der Waals surface area contributed by atoms with Crippen LogP contribution < -0.4 is 5.73 Å². The second kappa shape index (κ2) is 5.31. The highest BCUT2D eigenvalue weighted by atomic mass is 15.1. The Labute approximate surface area is 110 Å². The second-order valence-corrected chi connectivity index (χ2v) is 5.99. The molecular formula is C16H24N2. The molecule has 2 aliphatic rings. The third-order valence-corrected chi connectivity index (χ3v) is 4.66. The largest absolute Gasteiger partial charge is 0.398 e. The molecule has 0 spiro atoms. The van der Waals surface area contributed by atoms with Gasteiger partial charge in [0.1, 0.15) is 0 Å². The van der Waals surface area contributed by atoms with Crippen molar-refractivity contribution in [2.45, 2.75) is 51.6 Å². The summed E-state index contributed by atoms with van der Waals surface area (Å²) >= 11 is 0. The first-order valence-corrected chi connectivity index (χ1v) is 7.41. The van der Waals surface area contributed by atoms with Crippen molar-refractivity contribution < 1.29 is 0 Å². The molecule has 1 heterocycles. The summed E-state index contributed by atoms with van der Waals surface area (Å²) in [6.45, 7) is 3.42. The van der Waals surface area contributed by atoms with E-state index in [0.29, 0.717) is 0 Å². The van der Waals surface area contributed by atoms with E-state index < -0.39 is 0 Å². The normalized spacial score (nSPS) is 21.1. The van der Waals surface area contributed by atoms with Crippen LogP contribution in [0.5, 0.6) is 0 Å². The number of hydrogen-bond donors (Lipinski definition) is 1. The van der Waals surface area contributed by atoms with Crippen molar-refractivity contribution >= 4 is 5.69 Å². The molecule has 1 aliphatic carbocycles. The maximum atomic E-state index is 6.05. The highest BCUT2D eigenvalue weighted by Crippen LogP contribution is 2.30. The molecule has 0 saturated heterocycles. The van der Waals surface area contributed by atoms with Gasteiger partial charge in [0.2, 0.25) is 0 Å². The van der Waals surface area contributed by atoms with Gasteiger partial charge in [-0.3, -0.25) is 4.90 Å². The van der Waals surface area contributed by atoms with E-state index in [9.17, 15) is 0 Å². The number of benzene rings is 1. The molecule has 98 valence electrons. The van der Waals surface area contributed by atoms with E-state index in [4.69, 9.17) is 5.73 Å². The number of fused-ring (bicyclic) bond motifs is 1. The second-order valence-electron chi connectivity index (χ2n) is 5.99. The predicted octanol–water partition coefficient (Wildman–Crippen LogP) is 3.55. The number of rotatable bonds is 3. The molecule has 1 fully saturated rings. The minimum atomic E-state index is 0.979. The number of nitrogen functional groups attached to an aromatic ring is 1. The van der Waals surface area contributed by atoms with Crippen LogP contribution in [0.15, 0.2) is 18.2 Å². The van der Waals surface area contributed by atoms with Crippen molar-refractivity contribution in [3.8, 4) is 0 Å². The maximum absolute atomic E-state index is 6.05. The van der Waals surface area contributed by atoms with Crippen molar-refractivity contribution in [2.75, 3.05) is 12.3 Å². The molecule has 3 rings (SSSR count). The van der Waals surface area contributed by atoms with Crippen LogP contribution in [0.3, 0.4) is 0 Å². The Hall–Kier alpha value is -1.02. The Morgan fingerprint density at radius 1 is 1.11 bits per heavy atom. The van der Waals surface area contributed by atoms with Gasteiger partial charge in [-0.05, 0) is 36.1 Å². The van der Waals surface area contributed by atoms with E-state index in [1.54, 1.807) is 0 Å². The minimum Gasteiger partial charge on any atom is -0.398 e. The van der Waals surface area contributed by atoms with E-state index in [2.05, 4.69) is 17.0 Å². The van der Waals surface area contributed by atoms with E-state index in [1.807, 2.05) is 6.07 Å². The molecule has 2 heteroatoms.